The molecule has 0 fully saturated rings. The van der Waals surface area contributed by atoms with Crippen molar-refractivity contribution in [1.29, 1.82) is 0 Å². The zero-order valence-electron chi connectivity index (χ0n) is 11.4. The second-order valence-electron chi connectivity index (χ2n) is 4.80. The van der Waals surface area contributed by atoms with Gasteiger partial charge in [0.15, 0.2) is 0 Å². The molecule has 0 aliphatic carbocycles. The first kappa shape index (κ1) is 15.3. The predicted octanol–water partition coefficient (Wildman–Crippen LogP) is 3.38. The van der Waals surface area contributed by atoms with Crippen molar-refractivity contribution in [2.24, 2.45) is 0 Å². The molecule has 1 heterocycles. The molecular weight excluding hydrogens is 331 g/mol. The van der Waals surface area contributed by atoms with Crippen LogP contribution < -0.4 is 4.72 Å². The number of sulfonamides is 1. The van der Waals surface area contributed by atoms with Crippen LogP contribution in [0.15, 0.2) is 53.6 Å². The molecule has 9 heteroatoms. The second-order valence-corrected chi connectivity index (χ2v) is 6.49. The van der Waals surface area contributed by atoms with Gasteiger partial charge in [0.05, 0.1) is 22.2 Å². The van der Waals surface area contributed by atoms with Crippen LogP contribution in [-0.2, 0) is 16.2 Å². The number of fused-ring (bicyclic) bond motifs is 1. The Morgan fingerprint density at radius 3 is 2.61 bits per heavy atom. The maximum absolute atomic E-state index is 12.7. The predicted molar refractivity (Wildman–Crippen MR) is 78.3 cm³/mol. The van der Waals surface area contributed by atoms with Crippen molar-refractivity contribution in [2.75, 3.05) is 4.72 Å². The number of benzene rings is 2. The van der Waals surface area contributed by atoms with E-state index >= 15 is 0 Å². The summed E-state index contributed by atoms with van der Waals surface area (Å²) >= 11 is 0. The average molecular weight is 341 g/mol. The first-order valence-electron chi connectivity index (χ1n) is 6.39. The average Bonchev–Trinajstić information content (AvgIpc) is 2.93. The SMILES string of the molecule is O=S(=O)(Nc1ccc2[nH]ncc2c1)c1cccc(C(F)(F)F)c1. The molecule has 0 radical (unpaired) electrons. The number of nitrogens with zero attached hydrogens (tertiary/aromatic N) is 1. The molecule has 0 saturated heterocycles. The first-order valence-corrected chi connectivity index (χ1v) is 7.87. The minimum atomic E-state index is -4.61. The lowest BCUT2D eigenvalue weighted by molar-refractivity contribution is -0.137. The number of aromatic nitrogens is 2. The van der Waals surface area contributed by atoms with Gasteiger partial charge in [-0.25, -0.2) is 8.42 Å². The lowest BCUT2D eigenvalue weighted by atomic mass is 10.2. The molecule has 23 heavy (non-hydrogen) atoms. The van der Waals surface area contributed by atoms with Crippen molar-refractivity contribution in [3.8, 4) is 0 Å². The highest BCUT2D eigenvalue weighted by molar-refractivity contribution is 7.92. The fourth-order valence-corrected chi connectivity index (χ4v) is 3.15. The van der Waals surface area contributed by atoms with Gasteiger partial charge in [-0.3, -0.25) is 9.82 Å². The van der Waals surface area contributed by atoms with E-state index in [2.05, 4.69) is 14.9 Å². The third-order valence-electron chi connectivity index (χ3n) is 3.16. The van der Waals surface area contributed by atoms with Crippen molar-refractivity contribution in [3.05, 3.63) is 54.2 Å². The van der Waals surface area contributed by atoms with E-state index in [1.165, 1.54) is 18.3 Å². The number of hydrogen-bond acceptors (Lipinski definition) is 3. The standard InChI is InChI=1S/C14H10F3N3O2S/c15-14(16,17)10-2-1-3-12(7-10)23(21,22)20-11-4-5-13-9(6-11)8-18-19-13/h1-8,20H,(H,18,19). The summed E-state index contributed by atoms with van der Waals surface area (Å²) in [7, 11) is -4.13. The Morgan fingerprint density at radius 1 is 1.09 bits per heavy atom. The van der Waals surface area contributed by atoms with E-state index in [9.17, 15) is 21.6 Å². The molecule has 1 aromatic heterocycles. The lowest BCUT2D eigenvalue weighted by Crippen LogP contribution is -2.14. The molecule has 0 saturated carbocycles. The van der Waals surface area contributed by atoms with E-state index in [1.807, 2.05) is 0 Å². The first-order chi connectivity index (χ1) is 10.8. The summed E-state index contributed by atoms with van der Waals surface area (Å²) in [4.78, 5) is -0.459. The second kappa shape index (κ2) is 5.27. The Balaban J connectivity index is 1.95. The van der Waals surface area contributed by atoms with Gasteiger partial charge in [-0.1, -0.05) is 6.07 Å². The highest BCUT2D eigenvalue weighted by atomic mass is 32.2. The number of alkyl halides is 3. The fraction of sp³-hybridized carbons (Fsp3) is 0.0714. The van der Waals surface area contributed by atoms with Crippen molar-refractivity contribution >= 4 is 26.6 Å². The fourth-order valence-electron chi connectivity index (χ4n) is 2.06. The molecule has 120 valence electrons. The van der Waals surface area contributed by atoms with Gasteiger partial charge in [-0.05, 0) is 36.4 Å². The highest BCUT2D eigenvalue weighted by Gasteiger charge is 2.31. The van der Waals surface area contributed by atoms with Crippen LogP contribution in [0.25, 0.3) is 10.9 Å². The molecule has 0 unspecified atom stereocenters. The van der Waals surface area contributed by atoms with Gasteiger partial charge in [0.1, 0.15) is 0 Å². The Kier molecular flexibility index (Phi) is 3.52. The molecular formula is C14H10F3N3O2S. The van der Waals surface area contributed by atoms with Crippen LogP contribution in [0.2, 0.25) is 0 Å². The van der Waals surface area contributed by atoms with Gasteiger partial charge < -0.3 is 0 Å². The maximum Gasteiger partial charge on any atom is 0.416 e. The molecule has 0 atom stereocenters. The molecule has 0 amide bonds. The molecule has 0 aliphatic rings. The minimum Gasteiger partial charge on any atom is -0.280 e. The number of aromatic amines is 1. The van der Waals surface area contributed by atoms with Crippen molar-refractivity contribution in [2.45, 2.75) is 11.1 Å². The summed E-state index contributed by atoms with van der Waals surface area (Å²) in [5, 5.41) is 7.20. The summed E-state index contributed by atoms with van der Waals surface area (Å²) in [5.74, 6) is 0. The molecule has 2 aromatic carbocycles. The Labute approximate surface area is 129 Å². The van der Waals surface area contributed by atoms with Crippen LogP contribution >= 0.6 is 0 Å². The topological polar surface area (TPSA) is 74.8 Å². The molecule has 0 aliphatic heterocycles. The van der Waals surface area contributed by atoms with Crippen LogP contribution in [0.5, 0.6) is 0 Å². The van der Waals surface area contributed by atoms with Gasteiger partial charge in [-0.15, -0.1) is 0 Å². The summed E-state index contributed by atoms with van der Waals surface area (Å²) in [6, 6.07) is 8.21. The Bertz CT molecular complexity index is 965. The maximum atomic E-state index is 12.7. The number of nitrogens with one attached hydrogen (secondary N) is 2. The van der Waals surface area contributed by atoms with E-state index in [0.717, 1.165) is 18.2 Å². The van der Waals surface area contributed by atoms with Gasteiger partial charge in [0.2, 0.25) is 0 Å². The van der Waals surface area contributed by atoms with E-state index in [4.69, 9.17) is 0 Å². The summed E-state index contributed by atoms with van der Waals surface area (Å²) < 4.78 is 64.9. The molecule has 2 N–H and O–H groups in total. The zero-order valence-corrected chi connectivity index (χ0v) is 12.2. The third-order valence-corrected chi connectivity index (χ3v) is 4.54. The van der Waals surface area contributed by atoms with E-state index < -0.39 is 26.7 Å². The Morgan fingerprint density at radius 2 is 1.87 bits per heavy atom. The quantitative estimate of drug-likeness (QED) is 0.767. The molecule has 5 nitrogen and oxygen atoms in total. The van der Waals surface area contributed by atoms with Crippen molar-refractivity contribution < 1.29 is 21.6 Å². The minimum absolute atomic E-state index is 0.233. The van der Waals surface area contributed by atoms with Gasteiger partial charge in [0.25, 0.3) is 10.0 Å². The highest BCUT2D eigenvalue weighted by Crippen LogP contribution is 2.31. The third kappa shape index (κ3) is 3.14. The van der Waals surface area contributed by atoms with Crippen LogP contribution in [-0.4, -0.2) is 18.6 Å². The van der Waals surface area contributed by atoms with Crippen LogP contribution in [0.1, 0.15) is 5.56 Å². The summed E-state index contributed by atoms with van der Waals surface area (Å²) in [6.45, 7) is 0. The molecule has 0 bridgehead atoms. The molecule has 3 aromatic rings. The van der Waals surface area contributed by atoms with Gasteiger partial charge >= 0.3 is 6.18 Å². The number of halogens is 3. The van der Waals surface area contributed by atoms with Crippen LogP contribution in [0.3, 0.4) is 0 Å². The van der Waals surface area contributed by atoms with Crippen LogP contribution in [0.4, 0.5) is 18.9 Å². The zero-order chi connectivity index (χ0) is 16.7. The smallest absolute Gasteiger partial charge is 0.280 e. The normalized spacial score (nSPS) is 12.5. The number of H-pyrrole nitrogens is 1. The van der Waals surface area contributed by atoms with Crippen molar-refractivity contribution in [1.82, 2.24) is 10.2 Å². The number of rotatable bonds is 3. The molecule has 0 spiro atoms. The molecule has 3 rings (SSSR count). The monoisotopic (exact) mass is 341 g/mol. The Hall–Kier alpha value is -2.55. The summed E-state index contributed by atoms with van der Waals surface area (Å²) in [6.07, 6.45) is -3.10. The van der Waals surface area contributed by atoms with E-state index in [0.29, 0.717) is 17.0 Å². The van der Waals surface area contributed by atoms with Gasteiger partial charge in [-0.2, -0.15) is 18.3 Å². The van der Waals surface area contributed by atoms with Gasteiger partial charge in [0, 0.05) is 11.1 Å². The van der Waals surface area contributed by atoms with E-state index in [-0.39, 0.29) is 5.69 Å². The van der Waals surface area contributed by atoms with Crippen molar-refractivity contribution in [3.63, 3.8) is 0 Å². The number of anilines is 1. The largest absolute Gasteiger partial charge is 0.416 e. The number of hydrogen-bond donors (Lipinski definition) is 2. The van der Waals surface area contributed by atoms with Crippen LogP contribution in [0, 0.1) is 0 Å². The lowest BCUT2D eigenvalue weighted by Gasteiger charge is -2.11. The summed E-state index contributed by atoms with van der Waals surface area (Å²) in [5.41, 5.74) is -0.0750. The van der Waals surface area contributed by atoms with E-state index in [1.54, 1.807) is 6.07 Å².